The molecule has 0 spiro atoms. The third kappa shape index (κ3) is 1.93. The Kier molecular flexibility index (Phi) is 2.83. The minimum absolute atomic E-state index is 0.824. The van der Waals surface area contributed by atoms with Crippen molar-refractivity contribution in [1.82, 2.24) is 9.97 Å². The second-order valence-corrected chi connectivity index (χ2v) is 3.95. The van der Waals surface area contributed by atoms with Crippen LogP contribution in [0.1, 0.15) is 0 Å². The highest BCUT2D eigenvalue weighted by molar-refractivity contribution is 9.10. The van der Waals surface area contributed by atoms with Gasteiger partial charge in [-0.1, -0.05) is 0 Å². The van der Waals surface area contributed by atoms with Crippen molar-refractivity contribution in [3.63, 3.8) is 0 Å². The first-order valence-corrected chi connectivity index (χ1v) is 5.20. The van der Waals surface area contributed by atoms with Gasteiger partial charge in [-0.3, -0.25) is 19.9 Å². The standard InChI is InChI=1S/C10H10BrN3O/c1-14(15-2)9-3-4-12-8-5-7(11)6-13-10(8)9/h3-6H,1-2H3. The van der Waals surface area contributed by atoms with Crippen LogP contribution in [0.25, 0.3) is 11.0 Å². The minimum atomic E-state index is 0.824. The number of nitrogens with zero attached hydrogens (tertiary/aromatic N) is 3. The Balaban J connectivity index is 2.66. The van der Waals surface area contributed by atoms with Crippen LogP contribution in [0.4, 0.5) is 5.69 Å². The molecule has 2 heterocycles. The van der Waals surface area contributed by atoms with E-state index in [1.807, 2.05) is 19.2 Å². The molecule has 2 rings (SSSR count). The lowest BCUT2D eigenvalue weighted by Gasteiger charge is -2.16. The second-order valence-electron chi connectivity index (χ2n) is 3.03. The maximum atomic E-state index is 5.13. The van der Waals surface area contributed by atoms with Gasteiger partial charge in [-0.25, -0.2) is 0 Å². The van der Waals surface area contributed by atoms with Crippen molar-refractivity contribution in [3.8, 4) is 0 Å². The number of rotatable bonds is 2. The van der Waals surface area contributed by atoms with Crippen LogP contribution in [0.2, 0.25) is 0 Å². The highest BCUT2D eigenvalue weighted by Gasteiger charge is 2.07. The summed E-state index contributed by atoms with van der Waals surface area (Å²) in [6.07, 6.45) is 3.48. The largest absolute Gasteiger partial charge is 0.277 e. The summed E-state index contributed by atoms with van der Waals surface area (Å²) in [6.45, 7) is 0. The molecule has 5 heteroatoms. The fourth-order valence-corrected chi connectivity index (χ4v) is 1.66. The second kappa shape index (κ2) is 4.12. The first-order chi connectivity index (χ1) is 7.22. The van der Waals surface area contributed by atoms with Crippen LogP contribution in [-0.2, 0) is 4.84 Å². The minimum Gasteiger partial charge on any atom is -0.277 e. The van der Waals surface area contributed by atoms with Gasteiger partial charge in [-0.2, -0.15) is 0 Å². The van der Waals surface area contributed by atoms with E-state index in [0.29, 0.717) is 0 Å². The SMILES string of the molecule is CON(C)c1ccnc2cc(Br)cnc12. The highest BCUT2D eigenvalue weighted by atomic mass is 79.9. The number of fused-ring (bicyclic) bond motifs is 1. The number of pyridine rings is 2. The summed E-state index contributed by atoms with van der Waals surface area (Å²) in [5, 5.41) is 1.66. The first-order valence-electron chi connectivity index (χ1n) is 4.40. The van der Waals surface area contributed by atoms with Gasteiger partial charge in [0.25, 0.3) is 0 Å². The van der Waals surface area contributed by atoms with Crippen molar-refractivity contribution in [2.24, 2.45) is 0 Å². The molecule has 15 heavy (non-hydrogen) atoms. The number of hydrogen-bond acceptors (Lipinski definition) is 4. The quantitative estimate of drug-likeness (QED) is 0.784. The molecule has 0 saturated heterocycles. The molecular formula is C10H10BrN3O. The zero-order valence-corrected chi connectivity index (χ0v) is 10.0. The van der Waals surface area contributed by atoms with Crippen molar-refractivity contribution < 1.29 is 4.84 Å². The van der Waals surface area contributed by atoms with Crippen LogP contribution in [0.15, 0.2) is 29.0 Å². The van der Waals surface area contributed by atoms with Crippen molar-refractivity contribution in [2.45, 2.75) is 0 Å². The molecule has 0 aliphatic heterocycles. The number of halogens is 1. The van der Waals surface area contributed by atoms with Gasteiger partial charge in [0.1, 0.15) is 5.52 Å². The van der Waals surface area contributed by atoms with Gasteiger partial charge in [-0.05, 0) is 28.1 Å². The first kappa shape index (κ1) is 10.3. The van der Waals surface area contributed by atoms with E-state index in [4.69, 9.17) is 4.84 Å². The van der Waals surface area contributed by atoms with Gasteiger partial charge in [0.15, 0.2) is 0 Å². The molecule has 4 nitrogen and oxygen atoms in total. The van der Waals surface area contributed by atoms with Crippen LogP contribution in [-0.4, -0.2) is 24.1 Å². The monoisotopic (exact) mass is 267 g/mol. The summed E-state index contributed by atoms with van der Waals surface area (Å²) in [6, 6.07) is 3.79. The predicted octanol–water partition coefficient (Wildman–Crippen LogP) is 2.39. The fraction of sp³-hybridized carbons (Fsp3) is 0.200. The Labute approximate surface area is 96.0 Å². The molecule has 0 fully saturated rings. The number of anilines is 1. The summed E-state index contributed by atoms with van der Waals surface area (Å²) in [5.74, 6) is 0. The van der Waals surface area contributed by atoms with E-state index in [2.05, 4.69) is 25.9 Å². The van der Waals surface area contributed by atoms with Crippen molar-refractivity contribution >= 4 is 32.7 Å². The van der Waals surface area contributed by atoms with Gasteiger partial charge in [-0.15, -0.1) is 0 Å². The maximum Gasteiger partial charge on any atom is 0.114 e. The molecule has 2 aromatic rings. The lowest BCUT2D eigenvalue weighted by Crippen LogP contribution is -2.15. The predicted molar refractivity (Wildman–Crippen MR) is 62.7 cm³/mol. The Morgan fingerprint density at radius 3 is 2.93 bits per heavy atom. The molecule has 0 amide bonds. The lowest BCUT2D eigenvalue weighted by molar-refractivity contribution is 0.185. The molecule has 0 saturated carbocycles. The Hall–Kier alpha value is -1.20. The van der Waals surface area contributed by atoms with E-state index in [0.717, 1.165) is 21.2 Å². The zero-order chi connectivity index (χ0) is 10.8. The molecule has 0 aliphatic rings. The smallest absolute Gasteiger partial charge is 0.114 e. The average Bonchev–Trinajstić information content (AvgIpc) is 2.26. The van der Waals surface area contributed by atoms with E-state index in [9.17, 15) is 0 Å². The van der Waals surface area contributed by atoms with E-state index < -0.39 is 0 Å². The normalized spacial score (nSPS) is 10.6. The van der Waals surface area contributed by atoms with E-state index >= 15 is 0 Å². The molecule has 0 radical (unpaired) electrons. The third-order valence-electron chi connectivity index (χ3n) is 2.14. The summed E-state index contributed by atoms with van der Waals surface area (Å²) in [5.41, 5.74) is 2.56. The summed E-state index contributed by atoms with van der Waals surface area (Å²) in [7, 11) is 3.45. The number of hydroxylamine groups is 1. The Morgan fingerprint density at radius 1 is 1.40 bits per heavy atom. The van der Waals surface area contributed by atoms with E-state index in [-0.39, 0.29) is 0 Å². The van der Waals surface area contributed by atoms with E-state index in [1.54, 1.807) is 24.6 Å². The van der Waals surface area contributed by atoms with Crippen LogP contribution in [0.5, 0.6) is 0 Å². The molecule has 0 bridgehead atoms. The molecule has 78 valence electrons. The number of hydrogen-bond donors (Lipinski definition) is 0. The molecular weight excluding hydrogens is 258 g/mol. The van der Waals surface area contributed by atoms with Gasteiger partial charge < -0.3 is 0 Å². The summed E-state index contributed by atoms with van der Waals surface area (Å²) >= 11 is 3.36. The lowest BCUT2D eigenvalue weighted by atomic mass is 10.3. The topological polar surface area (TPSA) is 38.2 Å². The van der Waals surface area contributed by atoms with Gasteiger partial charge >= 0.3 is 0 Å². The average molecular weight is 268 g/mol. The fourth-order valence-electron chi connectivity index (χ4n) is 1.34. The Morgan fingerprint density at radius 2 is 2.20 bits per heavy atom. The van der Waals surface area contributed by atoms with Gasteiger partial charge in [0.2, 0.25) is 0 Å². The molecule has 0 aliphatic carbocycles. The van der Waals surface area contributed by atoms with Crippen LogP contribution in [0.3, 0.4) is 0 Å². The van der Waals surface area contributed by atoms with E-state index in [1.165, 1.54) is 0 Å². The highest BCUT2D eigenvalue weighted by Crippen LogP contribution is 2.24. The molecule has 0 N–H and O–H groups in total. The number of aromatic nitrogens is 2. The van der Waals surface area contributed by atoms with Crippen LogP contribution < -0.4 is 5.06 Å². The maximum absolute atomic E-state index is 5.13. The molecule has 0 atom stereocenters. The molecule has 0 aromatic carbocycles. The zero-order valence-electron chi connectivity index (χ0n) is 8.44. The molecule has 0 unspecified atom stereocenters. The van der Waals surface area contributed by atoms with Crippen molar-refractivity contribution in [1.29, 1.82) is 0 Å². The summed E-state index contributed by atoms with van der Waals surface area (Å²) < 4.78 is 0.916. The Bertz CT molecular complexity index is 489. The molecule has 2 aromatic heterocycles. The van der Waals surface area contributed by atoms with Gasteiger partial charge in [0, 0.05) is 23.9 Å². The third-order valence-corrected chi connectivity index (χ3v) is 2.57. The van der Waals surface area contributed by atoms with Crippen molar-refractivity contribution in [2.75, 3.05) is 19.2 Å². The van der Waals surface area contributed by atoms with Crippen LogP contribution in [0, 0.1) is 0 Å². The van der Waals surface area contributed by atoms with Crippen molar-refractivity contribution in [3.05, 3.63) is 29.0 Å². The summed E-state index contributed by atoms with van der Waals surface area (Å²) in [4.78, 5) is 13.7. The van der Waals surface area contributed by atoms with Gasteiger partial charge in [0.05, 0.1) is 18.3 Å². The van der Waals surface area contributed by atoms with Crippen LogP contribution >= 0.6 is 15.9 Å².